The van der Waals surface area contributed by atoms with Crippen LogP contribution >= 0.6 is 0 Å². The number of nitrogens with one attached hydrogen (secondary N) is 3. The van der Waals surface area contributed by atoms with Gasteiger partial charge in [0.25, 0.3) is 0 Å². The molecule has 132 valence electrons. The van der Waals surface area contributed by atoms with Crippen molar-refractivity contribution in [2.24, 2.45) is 0 Å². The fraction of sp³-hybridized carbons (Fsp3) is 0.500. The number of alkyl halides is 3. The van der Waals surface area contributed by atoms with Crippen LogP contribution in [0.1, 0.15) is 25.3 Å². The zero-order valence-corrected chi connectivity index (χ0v) is 13.4. The summed E-state index contributed by atoms with van der Waals surface area (Å²) in [5.74, 6) is -1.81. The summed E-state index contributed by atoms with van der Waals surface area (Å²) in [4.78, 5) is 25.0. The highest BCUT2D eigenvalue weighted by atomic mass is 19.4. The van der Waals surface area contributed by atoms with Crippen LogP contribution in [0.3, 0.4) is 0 Å². The zero-order chi connectivity index (χ0) is 17.7. The first-order valence-electron chi connectivity index (χ1n) is 7.92. The van der Waals surface area contributed by atoms with Crippen molar-refractivity contribution in [3.05, 3.63) is 29.8 Å². The fourth-order valence-electron chi connectivity index (χ4n) is 2.95. The van der Waals surface area contributed by atoms with E-state index < -0.39 is 23.6 Å². The molecule has 0 aliphatic carbocycles. The second kappa shape index (κ2) is 7.65. The van der Waals surface area contributed by atoms with Crippen molar-refractivity contribution in [3.63, 3.8) is 0 Å². The number of amides is 2. The first kappa shape index (κ1) is 18.3. The Morgan fingerprint density at radius 1 is 1.29 bits per heavy atom. The Bertz CT molecular complexity index is 604. The second-order valence-corrected chi connectivity index (χ2v) is 5.84. The summed E-state index contributed by atoms with van der Waals surface area (Å²) in [7, 11) is 0. The highest BCUT2D eigenvalue weighted by molar-refractivity contribution is 6.39. The summed E-state index contributed by atoms with van der Waals surface area (Å²) in [5.41, 5.74) is -0.944. The molecule has 2 rings (SSSR count). The van der Waals surface area contributed by atoms with Gasteiger partial charge in [0.05, 0.1) is 25.2 Å². The molecule has 0 saturated carbocycles. The van der Waals surface area contributed by atoms with Gasteiger partial charge in [0.15, 0.2) is 0 Å². The van der Waals surface area contributed by atoms with Crippen LogP contribution in [-0.4, -0.2) is 37.5 Å². The molecule has 1 aliphatic rings. The third-order valence-electron chi connectivity index (χ3n) is 4.24. The smallest absolute Gasteiger partial charge is 0.342 e. The molecule has 24 heavy (non-hydrogen) atoms. The van der Waals surface area contributed by atoms with Crippen molar-refractivity contribution >= 4 is 17.5 Å². The maximum absolute atomic E-state index is 12.6. The third kappa shape index (κ3) is 4.70. The van der Waals surface area contributed by atoms with Crippen LogP contribution < -0.4 is 15.5 Å². The van der Waals surface area contributed by atoms with Gasteiger partial charge in [-0.3, -0.25) is 9.59 Å². The molecule has 0 spiro atoms. The Balaban J connectivity index is 1.89. The summed E-state index contributed by atoms with van der Waals surface area (Å²) < 4.78 is 37.9. The Morgan fingerprint density at radius 3 is 2.71 bits per heavy atom. The average molecular weight is 344 g/mol. The minimum atomic E-state index is -4.50. The quantitative estimate of drug-likeness (QED) is 0.709. The topological polar surface area (TPSA) is 62.6 Å². The van der Waals surface area contributed by atoms with Crippen LogP contribution in [0.4, 0.5) is 18.9 Å². The monoisotopic (exact) mass is 344 g/mol. The number of likely N-dealkylation sites (N-methyl/N-ethyl adjacent to an activating group) is 1. The first-order valence-corrected chi connectivity index (χ1v) is 7.92. The van der Waals surface area contributed by atoms with E-state index in [1.54, 1.807) is 0 Å². The summed E-state index contributed by atoms with van der Waals surface area (Å²) in [6.07, 6.45) is -2.43. The molecule has 0 radical (unpaired) electrons. The molecule has 5 nitrogen and oxygen atoms in total. The maximum atomic E-state index is 12.6. The third-order valence-corrected chi connectivity index (χ3v) is 4.24. The predicted octanol–water partition coefficient (Wildman–Crippen LogP) is 0.827. The van der Waals surface area contributed by atoms with E-state index in [2.05, 4.69) is 17.6 Å². The molecule has 1 aromatic rings. The molecular weight excluding hydrogens is 323 g/mol. The molecular formula is C16H21F3N3O2+. The molecule has 1 aromatic carbocycles. The molecule has 0 aromatic heterocycles. The first-order chi connectivity index (χ1) is 11.3. The summed E-state index contributed by atoms with van der Waals surface area (Å²) >= 11 is 0. The van der Waals surface area contributed by atoms with E-state index in [0.717, 1.165) is 38.1 Å². The second-order valence-electron chi connectivity index (χ2n) is 5.84. The number of hydrogen-bond donors (Lipinski definition) is 3. The van der Waals surface area contributed by atoms with Gasteiger partial charge in [-0.05, 0) is 25.1 Å². The number of rotatable bonds is 4. The Morgan fingerprint density at radius 2 is 2.04 bits per heavy atom. The number of hydrogen-bond acceptors (Lipinski definition) is 2. The van der Waals surface area contributed by atoms with Crippen molar-refractivity contribution in [3.8, 4) is 0 Å². The SMILES string of the molecule is CC[NH+]1CCC[C@H]1CNC(=O)C(=O)Nc1cccc(C(F)(F)F)c1. The largest absolute Gasteiger partial charge is 0.416 e. The fourth-order valence-corrected chi connectivity index (χ4v) is 2.95. The van der Waals surface area contributed by atoms with E-state index in [0.29, 0.717) is 6.54 Å². The Hall–Kier alpha value is -2.09. The van der Waals surface area contributed by atoms with E-state index in [-0.39, 0.29) is 11.7 Å². The van der Waals surface area contributed by atoms with Gasteiger partial charge in [0.2, 0.25) is 0 Å². The van der Waals surface area contributed by atoms with E-state index in [4.69, 9.17) is 0 Å². The van der Waals surface area contributed by atoms with Crippen molar-refractivity contribution in [2.45, 2.75) is 32.0 Å². The van der Waals surface area contributed by atoms with E-state index in [9.17, 15) is 22.8 Å². The standard InChI is InChI=1S/C16H20F3N3O2/c1-2-22-8-4-7-13(22)10-20-14(23)15(24)21-12-6-3-5-11(9-12)16(17,18)19/h3,5-6,9,13H,2,4,7-8,10H2,1H3,(H,20,23)(H,21,24)/p+1/t13-/m0/s1. The van der Waals surface area contributed by atoms with Crippen molar-refractivity contribution in [2.75, 3.05) is 25.0 Å². The molecule has 1 saturated heterocycles. The van der Waals surface area contributed by atoms with Crippen LogP contribution in [0.25, 0.3) is 0 Å². The molecule has 1 fully saturated rings. The number of anilines is 1. The Kier molecular flexibility index (Phi) is 5.82. The predicted molar refractivity (Wildman–Crippen MR) is 82.5 cm³/mol. The van der Waals surface area contributed by atoms with Crippen LogP contribution in [0.5, 0.6) is 0 Å². The van der Waals surface area contributed by atoms with Gasteiger partial charge < -0.3 is 15.5 Å². The van der Waals surface area contributed by atoms with Crippen molar-refractivity contribution < 1.29 is 27.7 Å². The molecule has 2 amide bonds. The normalized spacial score (nSPS) is 20.7. The van der Waals surface area contributed by atoms with Gasteiger partial charge in [0, 0.05) is 18.5 Å². The average Bonchev–Trinajstić information content (AvgIpc) is 2.99. The number of carbonyl (C=O) groups is 2. The number of benzene rings is 1. The molecule has 8 heteroatoms. The summed E-state index contributed by atoms with van der Waals surface area (Å²) in [6, 6.07) is 4.46. The van der Waals surface area contributed by atoms with Crippen LogP contribution in [-0.2, 0) is 15.8 Å². The van der Waals surface area contributed by atoms with E-state index >= 15 is 0 Å². The maximum Gasteiger partial charge on any atom is 0.416 e. The number of quaternary nitrogens is 1. The lowest BCUT2D eigenvalue weighted by Gasteiger charge is -2.19. The number of carbonyl (C=O) groups excluding carboxylic acids is 2. The lowest BCUT2D eigenvalue weighted by molar-refractivity contribution is -0.909. The lowest BCUT2D eigenvalue weighted by Crippen LogP contribution is -3.14. The highest BCUT2D eigenvalue weighted by Gasteiger charge is 2.31. The minimum Gasteiger partial charge on any atom is -0.342 e. The molecule has 1 unspecified atom stereocenters. The van der Waals surface area contributed by atoms with Gasteiger partial charge in [-0.25, -0.2) is 0 Å². The molecule has 1 heterocycles. The zero-order valence-electron chi connectivity index (χ0n) is 13.4. The molecule has 2 atom stereocenters. The van der Waals surface area contributed by atoms with Crippen LogP contribution in [0, 0.1) is 0 Å². The van der Waals surface area contributed by atoms with Crippen molar-refractivity contribution in [1.29, 1.82) is 0 Å². The van der Waals surface area contributed by atoms with Gasteiger partial charge in [-0.2, -0.15) is 13.2 Å². The minimum absolute atomic E-state index is 0.0633. The highest BCUT2D eigenvalue weighted by Crippen LogP contribution is 2.30. The van der Waals surface area contributed by atoms with Gasteiger partial charge in [0.1, 0.15) is 6.04 Å². The van der Waals surface area contributed by atoms with E-state index in [1.165, 1.54) is 17.0 Å². The number of likely N-dealkylation sites (tertiary alicyclic amines) is 1. The molecule has 0 bridgehead atoms. The van der Waals surface area contributed by atoms with E-state index in [1.807, 2.05) is 0 Å². The Labute approximate surface area is 138 Å². The van der Waals surface area contributed by atoms with Gasteiger partial charge in [-0.1, -0.05) is 6.07 Å². The lowest BCUT2D eigenvalue weighted by atomic mass is 10.2. The van der Waals surface area contributed by atoms with Gasteiger partial charge in [-0.15, -0.1) is 0 Å². The van der Waals surface area contributed by atoms with Gasteiger partial charge >= 0.3 is 18.0 Å². The van der Waals surface area contributed by atoms with Crippen LogP contribution in [0.2, 0.25) is 0 Å². The summed E-state index contributed by atoms with van der Waals surface area (Å²) in [6.45, 7) is 4.46. The summed E-state index contributed by atoms with van der Waals surface area (Å²) in [5, 5.41) is 4.76. The van der Waals surface area contributed by atoms with Crippen LogP contribution in [0.15, 0.2) is 24.3 Å². The molecule has 3 N–H and O–H groups in total. The number of halogens is 3. The van der Waals surface area contributed by atoms with Crippen molar-refractivity contribution in [1.82, 2.24) is 5.32 Å². The molecule has 1 aliphatic heterocycles.